The molecule has 3 heterocycles. The minimum absolute atomic E-state index is 0.309. The Morgan fingerprint density at radius 1 is 1.00 bits per heavy atom. The topological polar surface area (TPSA) is 78.2 Å². The van der Waals surface area contributed by atoms with Crippen molar-refractivity contribution in [3.05, 3.63) is 64.8 Å². The molecule has 0 radical (unpaired) electrons. The number of ether oxygens (including phenoxy) is 1. The van der Waals surface area contributed by atoms with Crippen LogP contribution in [-0.2, 0) is 9.59 Å². The molecule has 150 valence electrons. The van der Waals surface area contributed by atoms with Gasteiger partial charge in [0.15, 0.2) is 5.88 Å². The molecule has 0 bridgehead atoms. The van der Waals surface area contributed by atoms with Crippen molar-refractivity contribution < 1.29 is 14.3 Å². The standard InChI is InChI=1S/C23H18ClN3O3/c1-3-30-21-18(14-10-12(24)8-9-17(14)26-21)20-19(22(28)27(2)23(20)29)15-11-25-16-7-5-4-6-13(15)16/h4-11,25-26H,3H2,1-2H3. The van der Waals surface area contributed by atoms with Gasteiger partial charge in [-0.3, -0.25) is 14.5 Å². The van der Waals surface area contributed by atoms with Gasteiger partial charge in [-0.25, -0.2) is 0 Å². The highest BCUT2D eigenvalue weighted by atomic mass is 35.5. The molecule has 4 aromatic rings. The van der Waals surface area contributed by atoms with Gasteiger partial charge in [-0.2, -0.15) is 0 Å². The predicted molar refractivity (Wildman–Crippen MR) is 117 cm³/mol. The number of H-pyrrole nitrogens is 2. The molecule has 2 N–H and O–H groups in total. The van der Waals surface area contributed by atoms with Gasteiger partial charge in [0, 0.05) is 45.6 Å². The Morgan fingerprint density at radius 3 is 2.57 bits per heavy atom. The second kappa shape index (κ2) is 6.78. The van der Waals surface area contributed by atoms with E-state index < -0.39 is 0 Å². The van der Waals surface area contributed by atoms with Crippen LogP contribution in [-0.4, -0.2) is 40.3 Å². The Bertz CT molecular complexity index is 1380. The van der Waals surface area contributed by atoms with E-state index in [0.29, 0.717) is 39.8 Å². The molecule has 0 saturated carbocycles. The van der Waals surface area contributed by atoms with Crippen LogP contribution in [0.2, 0.25) is 5.02 Å². The highest BCUT2D eigenvalue weighted by Crippen LogP contribution is 2.44. The van der Waals surface area contributed by atoms with Crippen LogP contribution in [0.3, 0.4) is 0 Å². The summed E-state index contributed by atoms with van der Waals surface area (Å²) < 4.78 is 5.82. The van der Waals surface area contributed by atoms with Crippen molar-refractivity contribution >= 4 is 56.4 Å². The Balaban J connectivity index is 1.89. The van der Waals surface area contributed by atoms with E-state index in [1.165, 1.54) is 7.05 Å². The lowest BCUT2D eigenvalue weighted by atomic mass is 9.95. The highest BCUT2D eigenvalue weighted by Gasteiger charge is 2.40. The van der Waals surface area contributed by atoms with Crippen molar-refractivity contribution in [2.75, 3.05) is 13.7 Å². The number of aromatic amines is 2. The van der Waals surface area contributed by atoms with Gasteiger partial charge in [-0.05, 0) is 31.2 Å². The van der Waals surface area contributed by atoms with Crippen molar-refractivity contribution in [3.8, 4) is 5.88 Å². The van der Waals surface area contributed by atoms with Crippen LogP contribution in [0.4, 0.5) is 0 Å². The summed E-state index contributed by atoms with van der Waals surface area (Å²) in [5.74, 6) is -0.278. The number of benzene rings is 2. The molecule has 2 aromatic carbocycles. The third-order valence-corrected chi connectivity index (χ3v) is 5.65. The van der Waals surface area contributed by atoms with E-state index in [0.717, 1.165) is 26.7 Å². The number of para-hydroxylation sites is 1. The number of likely N-dealkylation sites (N-methyl/N-ethyl adjacent to an activating group) is 1. The Labute approximate surface area is 177 Å². The van der Waals surface area contributed by atoms with Gasteiger partial charge in [0.2, 0.25) is 0 Å². The van der Waals surface area contributed by atoms with Gasteiger partial charge in [0.25, 0.3) is 11.8 Å². The maximum atomic E-state index is 13.3. The largest absolute Gasteiger partial charge is 0.479 e. The molecule has 2 aromatic heterocycles. The van der Waals surface area contributed by atoms with Crippen LogP contribution >= 0.6 is 11.6 Å². The Hall–Kier alpha value is -3.51. The summed E-state index contributed by atoms with van der Waals surface area (Å²) in [4.78, 5) is 34.0. The summed E-state index contributed by atoms with van der Waals surface area (Å²) in [6.45, 7) is 2.27. The van der Waals surface area contributed by atoms with Crippen LogP contribution < -0.4 is 4.74 Å². The van der Waals surface area contributed by atoms with E-state index in [-0.39, 0.29) is 11.8 Å². The molecule has 6 nitrogen and oxygen atoms in total. The third-order valence-electron chi connectivity index (χ3n) is 5.41. The number of nitrogens with zero attached hydrogens (tertiary/aromatic N) is 1. The van der Waals surface area contributed by atoms with Crippen molar-refractivity contribution in [2.24, 2.45) is 0 Å². The van der Waals surface area contributed by atoms with Crippen molar-refractivity contribution in [3.63, 3.8) is 0 Å². The zero-order valence-corrected chi connectivity index (χ0v) is 17.1. The molecule has 5 rings (SSSR count). The van der Waals surface area contributed by atoms with Gasteiger partial charge in [-0.15, -0.1) is 0 Å². The molecule has 1 aliphatic heterocycles. The van der Waals surface area contributed by atoms with Crippen molar-refractivity contribution in [1.82, 2.24) is 14.9 Å². The normalized spacial score (nSPS) is 14.6. The minimum Gasteiger partial charge on any atom is -0.479 e. The Kier molecular flexibility index (Phi) is 4.18. The fourth-order valence-electron chi connectivity index (χ4n) is 4.04. The molecule has 2 amide bonds. The third kappa shape index (κ3) is 2.57. The summed E-state index contributed by atoms with van der Waals surface area (Å²) in [5, 5.41) is 2.14. The number of rotatable bonds is 4. The van der Waals surface area contributed by atoms with E-state index in [4.69, 9.17) is 16.3 Å². The molecule has 1 aliphatic rings. The van der Waals surface area contributed by atoms with E-state index in [2.05, 4.69) is 9.97 Å². The number of fused-ring (bicyclic) bond motifs is 2. The van der Waals surface area contributed by atoms with E-state index in [1.807, 2.05) is 37.3 Å². The Morgan fingerprint density at radius 2 is 1.77 bits per heavy atom. The first-order chi connectivity index (χ1) is 14.5. The van der Waals surface area contributed by atoms with Crippen LogP contribution in [0.5, 0.6) is 5.88 Å². The number of carbonyl (C=O) groups is 2. The second-order valence-corrected chi connectivity index (χ2v) is 7.56. The van der Waals surface area contributed by atoms with Crippen molar-refractivity contribution in [1.29, 1.82) is 0 Å². The van der Waals surface area contributed by atoms with Gasteiger partial charge < -0.3 is 14.7 Å². The number of hydrogen-bond acceptors (Lipinski definition) is 3. The van der Waals surface area contributed by atoms with Crippen LogP contribution in [0.25, 0.3) is 33.0 Å². The van der Waals surface area contributed by atoms with E-state index in [9.17, 15) is 9.59 Å². The molecule has 7 heteroatoms. The zero-order chi connectivity index (χ0) is 21.0. The molecule has 0 spiro atoms. The number of carbonyl (C=O) groups excluding carboxylic acids is 2. The molecule has 0 fully saturated rings. The molecule has 0 atom stereocenters. The maximum absolute atomic E-state index is 13.3. The van der Waals surface area contributed by atoms with Crippen molar-refractivity contribution in [2.45, 2.75) is 6.92 Å². The lowest BCUT2D eigenvalue weighted by Gasteiger charge is -2.08. The van der Waals surface area contributed by atoms with Crippen LogP contribution in [0, 0.1) is 0 Å². The van der Waals surface area contributed by atoms with E-state index in [1.54, 1.807) is 18.3 Å². The quantitative estimate of drug-likeness (QED) is 0.474. The second-order valence-electron chi connectivity index (χ2n) is 7.12. The molecule has 0 aliphatic carbocycles. The summed E-state index contributed by atoms with van der Waals surface area (Å²) in [7, 11) is 1.49. The van der Waals surface area contributed by atoms with Gasteiger partial charge in [0.1, 0.15) is 0 Å². The summed E-state index contributed by atoms with van der Waals surface area (Å²) >= 11 is 6.25. The van der Waals surface area contributed by atoms with Gasteiger partial charge >= 0.3 is 0 Å². The number of nitrogens with one attached hydrogen (secondary N) is 2. The monoisotopic (exact) mass is 419 g/mol. The average Bonchev–Trinajstić information content (AvgIpc) is 3.37. The predicted octanol–water partition coefficient (Wildman–Crippen LogP) is 4.61. The zero-order valence-electron chi connectivity index (χ0n) is 16.4. The lowest BCUT2D eigenvalue weighted by molar-refractivity contribution is -0.134. The number of amides is 2. The maximum Gasteiger partial charge on any atom is 0.262 e. The highest BCUT2D eigenvalue weighted by molar-refractivity contribution is 6.51. The number of halogens is 1. The first kappa shape index (κ1) is 18.5. The number of aromatic nitrogens is 2. The van der Waals surface area contributed by atoms with Gasteiger partial charge in [-0.1, -0.05) is 29.8 Å². The van der Waals surface area contributed by atoms with Gasteiger partial charge in [0.05, 0.1) is 23.3 Å². The number of imide groups is 1. The summed E-state index contributed by atoms with van der Waals surface area (Å²) in [5.41, 5.74) is 3.56. The average molecular weight is 420 g/mol. The SMILES string of the molecule is CCOc1[nH]c2ccc(Cl)cc2c1C1=C(c2c[nH]c3ccccc23)C(=O)N(C)C1=O. The lowest BCUT2D eigenvalue weighted by Crippen LogP contribution is -2.26. The molecular formula is C23H18ClN3O3. The molecular weight excluding hydrogens is 402 g/mol. The summed E-state index contributed by atoms with van der Waals surface area (Å²) in [6, 6.07) is 13.1. The summed E-state index contributed by atoms with van der Waals surface area (Å²) in [6.07, 6.45) is 1.77. The molecule has 0 saturated heterocycles. The fraction of sp³-hybridized carbons (Fsp3) is 0.130. The first-order valence-electron chi connectivity index (χ1n) is 9.58. The smallest absolute Gasteiger partial charge is 0.262 e. The van der Waals surface area contributed by atoms with Crippen LogP contribution in [0.15, 0.2) is 48.7 Å². The fourth-order valence-corrected chi connectivity index (χ4v) is 4.21. The molecule has 0 unspecified atom stereocenters. The number of hydrogen-bond donors (Lipinski definition) is 2. The van der Waals surface area contributed by atoms with Crippen LogP contribution in [0.1, 0.15) is 18.1 Å². The van der Waals surface area contributed by atoms with E-state index >= 15 is 0 Å². The molecule has 30 heavy (non-hydrogen) atoms. The minimum atomic E-state index is -0.373. The first-order valence-corrected chi connectivity index (χ1v) is 9.96.